The van der Waals surface area contributed by atoms with Crippen molar-refractivity contribution in [2.45, 2.75) is 23.8 Å². The van der Waals surface area contributed by atoms with Gasteiger partial charge in [-0.3, -0.25) is 5.10 Å². The molecule has 0 aromatic carbocycles. The monoisotopic (exact) mass is 321 g/mol. The summed E-state index contributed by atoms with van der Waals surface area (Å²) in [4.78, 5) is 6.41. The first kappa shape index (κ1) is 15.0. The molecule has 0 bridgehead atoms. The molecule has 22 heavy (non-hydrogen) atoms. The first-order chi connectivity index (χ1) is 10.5. The van der Waals surface area contributed by atoms with Gasteiger partial charge in [0.15, 0.2) is 0 Å². The van der Waals surface area contributed by atoms with Gasteiger partial charge in [-0.05, 0) is 30.5 Å². The lowest BCUT2D eigenvalue weighted by Crippen LogP contribution is -2.30. The van der Waals surface area contributed by atoms with Crippen LogP contribution < -0.4 is 4.90 Å². The van der Waals surface area contributed by atoms with Gasteiger partial charge in [0.1, 0.15) is 10.7 Å². The van der Waals surface area contributed by atoms with Crippen molar-refractivity contribution >= 4 is 15.8 Å². The van der Waals surface area contributed by atoms with Crippen LogP contribution in [0.25, 0.3) is 0 Å². The van der Waals surface area contributed by atoms with Crippen molar-refractivity contribution in [3.05, 3.63) is 36.3 Å². The molecule has 1 fully saturated rings. The number of aromatic nitrogens is 3. The molecule has 8 heteroatoms. The summed E-state index contributed by atoms with van der Waals surface area (Å²) in [7, 11) is 0.315. The first-order valence-corrected chi connectivity index (χ1v) is 8.58. The lowest BCUT2D eigenvalue weighted by atomic mass is 10.1. The highest BCUT2D eigenvalue weighted by Crippen LogP contribution is 2.36. The Balaban J connectivity index is 1.96. The summed E-state index contributed by atoms with van der Waals surface area (Å²) in [6, 6.07) is 3.69. The number of sulfonamides is 1. The second kappa shape index (κ2) is 5.69. The third-order valence-corrected chi connectivity index (χ3v) is 5.77. The molecule has 1 aliphatic heterocycles. The standard InChI is InChI=1S/C14H19N5O2S/c1-18(2)14-8-11(5-6-15-14)13-4-3-7-19(13)22(20,21)12-9-16-17-10-12/h5-6,8-10,13H,3-4,7H2,1-2H3,(H,16,17)/t13-/m0/s1. The van der Waals surface area contributed by atoms with Crippen molar-refractivity contribution < 1.29 is 8.42 Å². The zero-order valence-corrected chi connectivity index (χ0v) is 13.4. The van der Waals surface area contributed by atoms with Crippen LogP contribution in [-0.4, -0.2) is 48.5 Å². The van der Waals surface area contributed by atoms with E-state index in [-0.39, 0.29) is 10.9 Å². The summed E-state index contributed by atoms with van der Waals surface area (Å²) >= 11 is 0. The molecule has 0 amide bonds. The Hall–Kier alpha value is -1.93. The topological polar surface area (TPSA) is 82.2 Å². The van der Waals surface area contributed by atoms with E-state index >= 15 is 0 Å². The quantitative estimate of drug-likeness (QED) is 0.920. The second-order valence-electron chi connectivity index (χ2n) is 5.55. The van der Waals surface area contributed by atoms with E-state index in [0.29, 0.717) is 6.54 Å². The summed E-state index contributed by atoms with van der Waals surface area (Å²) in [5.74, 6) is 0.824. The van der Waals surface area contributed by atoms with Crippen molar-refractivity contribution in [3.63, 3.8) is 0 Å². The molecule has 1 atom stereocenters. The summed E-state index contributed by atoms with van der Waals surface area (Å²) in [5.41, 5.74) is 0.975. The molecule has 2 aromatic rings. The minimum Gasteiger partial charge on any atom is -0.363 e. The van der Waals surface area contributed by atoms with Gasteiger partial charge in [0.05, 0.1) is 12.2 Å². The summed E-state index contributed by atoms with van der Waals surface area (Å²) < 4.78 is 27.0. The predicted molar refractivity (Wildman–Crippen MR) is 83.0 cm³/mol. The number of hydrogen-bond donors (Lipinski definition) is 1. The molecule has 118 valence electrons. The van der Waals surface area contributed by atoms with Gasteiger partial charge in [0.25, 0.3) is 0 Å². The highest BCUT2D eigenvalue weighted by Gasteiger charge is 2.36. The molecule has 0 spiro atoms. The number of H-pyrrole nitrogens is 1. The van der Waals surface area contributed by atoms with Gasteiger partial charge in [-0.2, -0.15) is 9.40 Å². The lowest BCUT2D eigenvalue weighted by molar-refractivity contribution is 0.396. The Labute approximate surface area is 130 Å². The van der Waals surface area contributed by atoms with E-state index in [1.165, 1.54) is 12.4 Å². The van der Waals surface area contributed by atoms with Crippen molar-refractivity contribution in [3.8, 4) is 0 Å². The maximum Gasteiger partial charge on any atom is 0.246 e. The van der Waals surface area contributed by atoms with Gasteiger partial charge < -0.3 is 4.90 Å². The van der Waals surface area contributed by atoms with E-state index in [2.05, 4.69) is 15.2 Å². The third kappa shape index (κ3) is 2.59. The molecule has 3 rings (SSSR count). The van der Waals surface area contributed by atoms with Gasteiger partial charge in [0.2, 0.25) is 10.0 Å². The number of aromatic amines is 1. The number of anilines is 1. The summed E-state index contributed by atoms with van der Waals surface area (Å²) in [6.07, 6.45) is 6.16. The zero-order chi connectivity index (χ0) is 15.7. The maximum atomic E-state index is 12.7. The van der Waals surface area contributed by atoms with Crippen molar-refractivity contribution in [1.82, 2.24) is 19.5 Å². The zero-order valence-electron chi connectivity index (χ0n) is 12.6. The fourth-order valence-electron chi connectivity index (χ4n) is 2.76. The fraction of sp³-hybridized carbons (Fsp3) is 0.429. The highest BCUT2D eigenvalue weighted by atomic mass is 32.2. The Morgan fingerprint density at radius 2 is 2.23 bits per heavy atom. The maximum absolute atomic E-state index is 12.7. The number of nitrogens with zero attached hydrogens (tertiary/aromatic N) is 4. The molecule has 2 aromatic heterocycles. The Kier molecular flexibility index (Phi) is 3.88. The Morgan fingerprint density at radius 1 is 1.41 bits per heavy atom. The normalized spacial score (nSPS) is 19.5. The molecular weight excluding hydrogens is 302 g/mol. The molecule has 1 saturated heterocycles. The van der Waals surface area contributed by atoms with Crippen molar-refractivity contribution in [1.29, 1.82) is 0 Å². The third-order valence-electron chi connectivity index (χ3n) is 3.90. The molecule has 0 aliphatic carbocycles. The van der Waals surface area contributed by atoms with E-state index in [4.69, 9.17) is 0 Å². The Morgan fingerprint density at radius 3 is 2.91 bits per heavy atom. The minimum atomic E-state index is -3.52. The van der Waals surface area contributed by atoms with Gasteiger partial charge in [0, 0.05) is 33.0 Å². The van der Waals surface area contributed by atoms with Crippen LogP contribution in [0.15, 0.2) is 35.6 Å². The Bertz CT molecular complexity index is 742. The number of nitrogens with one attached hydrogen (secondary N) is 1. The van der Waals surface area contributed by atoms with E-state index < -0.39 is 10.0 Å². The molecule has 3 heterocycles. The van der Waals surface area contributed by atoms with Crippen LogP contribution in [0.5, 0.6) is 0 Å². The SMILES string of the molecule is CN(C)c1cc([C@@H]2CCCN2S(=O)(=O)c2cn[nH]c2)ccn1. The summed E-state index contributed by atoms with van der Waals surface area (Å²) in [5, 5.41) is 6.31. The molecular formula is C14H19N5O2S. The molecule has 0 radical (unpaired) electrons. The largest absolute Gasteiger partial charge is 0.363 e. The van der Waals surface area contributed by atoms with Crippen LogP contribution in [0.2, 0.25) is 0 Å². The van der Waals surface area contributed by atoms with Crippen LogP contribution in [-0.2, 0) is 10.0 Å². The molecule has 0 unspecified atom stereocenters. The van der Waals surface area contributed by atoms with E-state index in [0.717, 1.165) is 24.2 Å². The van der Waals surface area contributed by atoms with Crippen molar-refractivity contribution in [2.24, 2.45) is 0 Å². The highest BCUT2D eigenvalue weighted by molar-refractivity contribution is 7.89. The lowest BCUT2D eigenvalue weighted by Gasteiger charge is -2.24. The van der Waals surface area contributed by atoms with E-state index in [1.54, 1.807) is 10.5 Å². The number of rotatable bonds is 4. The second-order valence-corrected chi connectivity index (χ2v) is 7.44. The van der Waals surface area contributed by atoms with Crippen LogP contribution in [0.3, 0.4) is 0 Å². The number of pyridine rings is 1. The van der Waals surface area contributed by atoms with Gasteiger partial charge >= 0.3 is 0 Å². The van der Waals surface area contributed by atoms with Gasteiger partial charge in [-0.15, -0.1) is 0 Å². The minimum absolute atomic E-state index is 0.151. The molecule has 1 N–H and O–H groups in total. The average Bonchev–Trinajstić information content (AvgIpc) is 3.19. The first-order valence-electron chi connectivity index (χ1n) is 7.14. The molecule has 7 nitrogen and oxygen atoms in total. The van der Waals surface area contributed by atoms with Crippen molar-refractivity contribution in [2.75, 3.05) is 25.5 Å². The van der Waals surface area contributed by atoms with Crippen LogP contribution in [0.4, 0.5) is 5.82 Å². The smallest absolute Gasteiger partial charge is 0.246 e. The molecule has 1 aliphatic rings. The fourth-order valence-corrected chi connectivity index (χ4v) is 4.35. The molecule has 0 saturated carbocycles. The van der Waals surface area contributed by atoms with E-state index in [9.17, 15) is 8.42 Å². The van der Waals surface area contributed by atoms with Crippen LogP contribution in [0, 0.1) is 0 Å². The predicted octanol–water partition coefficient (Wildman–Crippen LogP) is 1.40. The number of hydrogen-bond acceptors (Lipinski definition) is 5. The van der Waals surface area contributed by atoms with Gasteiger partial charge in [-0.1, -0.05) is 0 Å². The van der Waals surface area contributed by atoms with Gasteiger partial charge in [-0.25, -0.2) is 13.4 Å². The van der Waals surface area contributed by atoms with Crippen LogP contribution >= 0.6 is 0 Å². The van der Waals surface area contributed by atoms with Crippen LogP contribution in [0.1, 0.15) is 24.4 Å². The average molecular weight is 321 g/mol. The van der Waals surface area contributed by atoms with E-state index in [1.807, 2.05) is 31.1 Å². The summed E-state index contributed by atoms with van der Waals surface area (Å²) in [6.45, 7) is 0.526.